The smallest absolute Gasteiger partial charge is 0.416 e. The molecule has 0 aliphatic carbocycles. The van der Waals surface area contributed by atoms with Crippen LogP contribution < -0.4 is 10.9 Å². The molecule has 0 fully saturated rings. The molecule has 4 nitrogen and oxygen atoms in total. The fourth-order valence-corrected chi connectivity index (χ4v) is 2.36. The molecule has 0 aliphatic heterocycles. The summed E-state index contributed by atoms with van der Waals surface area (Å²) in [6, 6.07) is 12.7. The zero-order valence-electron chi connectivity index (χ0n) is 13.8. The number of amides is 1. The first-order chi connectivity index (χ1) is 12.8. The molecule has 0 bridgehead atoms. The fraction of sp³-hybridized carbons (Fsp3) is 0.100. The van der Waals surface area contributed by atoms with E-state index in [1.165, 1.54) is 18.2 Å². The molecule has 0 saturated heterocycles. The van der Waals surface area contributed by atoms with Gasteiger partial charge in [0.1, 0.15) is 11.1 Å². The van der Waals surface area contributed by atoms with E-state index >= 15 is 0 Å². The van der Waals surface area contributed by atoms with Crippen molar-refractivity contribution in [1.82, 2.24) is 5.32 Å². The first-order valence-electron chi connectivity index (χ1n) is 7.82. The van der Waals surface area contributed by atoms with Crippen LogP contribution in [0, 0.1) is 11.8 Å². The van der Waals surface area contributed by atoms with Gasteiger partial charge in [0.15, 0.2) is 0 Å². The first kappa shape index (κ1) is 18.3. The number of para-hydroxylation sites is 1. The summed E-state index contributed by atoms with van der Waals surface area (Å²) >= 11 is 0. The maximum Gasteiger partial charge on any atom is 0.416 e. The SMILES string of the molecule is O=C(NCC#Cc1cccc(C(F)(F)F)c1)c1cc2ccccc2oc1=O. The largest absolute Gasteiger partial charge is 0.422 e. The van der Waals surface area contributed by atoms with Crippen LogP contribution in [0.15, 0.2) is 63.8 Å². The van der Waals surface area contributed by atoms with Gasteiger partial charge in [-0.15, -0.1) is 0 Å². The van der Waals surface area contributed by atoms with Crippen molar-refractivity contribution in [2.45, 2.75) is 6.18 Å². The second-order valence-electron chi connectivity index (χ2n) is 5.55. The van der Waals surface area contributed by atoms with Gasteiger partial charge in [-0.2, -0.15) is 13.2 Å². The highest BCUT2D eigenvalue weighted by atomic mass is 19.4. The van der Waals surface area contributed by atoms with E-state index in [0.717, 1.165) is 12.1 Å². The molecule has 136 valence electrons. The lowest BCUT2D eigenvalue weighted by molar-refractivity contribution is -0.137. The van der Waals surface area contributed by atoms with Crippen molar-refractivity contribution >= 4 is 16.9 Å². The highest BCUT2D eigenvalue weighted by molar-refractivity contribution is 5.96. The third-order valence-corrected chi connectivity index (χ3v) is 3.65. The van der Waals surface area contributed by atoms with Crippen LogP contribution in [0.25, 0.3) is 11.0 Å². The van der Waals surface area contributed by atoms with Crippen LogP contribution in [0.3, 0.4) is 0 Å². The molecule has 3 aromatic rings. The molecule has 0 unspecified atom stereocenters. The number of fused-ring (bicyclic) bond motifs is 1. The molecule has 0 radical (unpaired) electrons. The van der Waals surface area contributed by atoms with Gasteiger partial charge in [-0.3, -0.25) is 4.79 Å². The Bertz CT molecular complexity index is 1120. The number of carbonyl (C=O) groups excluding carboxylic acids is 1. The maximum absolute atomic E-state index is 12.7. The predicted molar refractivity (Wildman–Crippen MR) is 93.1 cm³/mol. The van der Waals surface area contributed by atoms with E-state index in [0.29, 0.717) is 11.0 Å². The van der Waals surface area contributed by atoms with E-state index in [2.05, 4.69) is 17.2 Å². The van der Waals surface area contributed by atoms with Gasteiger partial charge in [-0.1, -0.05) is 36.1 Å². The second-order valence-corrected chi connectivity index (χ2v) is 5.55. The van der Waals surface area contributed by atoms with Crippen LogP contribution in [0.1, 0.15) is 21.5 Å². The maximum atomic E-state index is 12.7. The topological polar surface area (TPSA) is 59.3 Å². The van der Waals surface area contributed by atoms with Gasteiger partial charge in [-0.05, 0) is 30.3 Å². The number of nitrogens with one attached hydrogen (secondary N) is 1. The lowest BCUT2D eigenvalue weighted by atomic mass is 10.1. The average Bonchev–Trinajstić information content (AvgIpc) is 2.64. The molecule has 0 spiro atoms. The minimum absolute atomic E-state index is 0.138. The fourth-order valence-electron chi connectivity index (χ4n) is 2.36. The van der Waals surface area contributed by atoms with E-state index in [1.54, 1.807) is 24.3 Å². The molecular formula is C20H12F3NO3. The lowest BCUT2D eigenvalue weighted by Crippen LogP contribution is -2.28. The van der Waals surface area contributed by atoms with Crippen LogP contribution in [0.5, 0.6) is 0 Å². The van der Waals surface area contributed by atoms with E-state index in [-0.39, 0.29) is 17.7 Å². The molecule has 2 aromatic carbocycles. The van der Waals surface area contributed by atoms with Gasteiger partial charge in [0.25, 0.3) is 5.91 Å². The third-order valence-electron chi connectivity index (χ3n) is 3.65. The summed E-state index contributed by atoms with van der Waals surface area (Å²) in [5.74, 6) is 4.42. The number of rotatable bonds is 2. The number of carbonyl (C=O) groups is 1. The van der Waals surface area contributed by atoms with Gasteiger partial charge in [-0.25, -0.2) is 4.79 Å². The van der Waals surface area contributed by atoms with E-state index < -0.39 is 23.3 Å². The molecule has 0 atom stereocenters. The Morgan fingerprint density at radius 1 is 1.07 bits per heavy atom. The Morgan fingerprint density at radius 2 is 1.85 bits per heavy atom. The van der Waals surface area contributed by atoms with Crippen molar-refractivity contribution in [2.24, 2.45) is 0 Å². The molecule has 1 N–H and O–H groups in total. The van der Waals surface area contributed by atoms with Gasteiger partial charge in [0.05, 0.1) is 12.1 Å². The minimum Gasteiger partial charge on any atom is -0.422 e. The molecular weight excluding hydrogens is 359 g/mol. The normalized spacial score (nSPS) is 10.9. The molecule has 0 saturated carbocycles. The zero-order chi connectivity index (χ0) is 19.4. The van der Waals surface area contributed by atoms with Gasteiger partial charge in [0, 0.05) is 10.9 Å². The van der Waals surface area contributed by atoms with Crippen molar-refractivity contribution < 1.29 is 22.4 Å². The Hall–Kier alpha value is -3.53. The molecule has 7 heteroatoms. The van der Waals surface area contributed by atoms with Crippen molar-refractivity contribution in [3.63, 3.8) is 0 Å². The van der Waals surface area contributed by atoms with Crippen LogP contribution in [0.4, 0.5) is 13.2 Å². The summed E-state index contributed by atoms with van der Waals surface area (Å²) in [5, 5.41) is 3.02. The summed E-state index contributed by atoms with van der Waals surface area (Å²) in [5.41, 5.74) is -1.22. The number of hydrogen-bond acceptors (Lipinski definition) is 3. The van der Waals surface area contributed by atoms with Gasteiger partial charge >= 0.3 is 11.8 Å². The van der Waals surface area contributed by atoms with Gasteiger partial charge in [0.2, 0.25) is 0 Å². The first-order valence-corrected chi connectivity index (χ1v) is 7.82. The van der Waals surface area contributed by atoms with Gasteiger partial charge < -0.3 is 9.73 Å². The Labute approximate surface area is 151 Å². The Balaban J connectivity index is 1.70. The molecule has 27 heavy (non-hydrogen) atoms. The molecule has 1 aromatic heterocycles. The zero-order valence-corrected chi connectivity index (χ0v) is 13.8. The van der Waals surface area contributed by atoms with E-state index in [1.807, 2.05) is 0 Å². The molecule has 1 heterocycles. The minimum atomic E-state index is -4.45. The Kier molecular flexibility index (Phi) is 4.99. The van der Waals surface area contributed by atoms with Crippen LogP contribution in [-0.2, 0) is 6.18 Å². The second kappa shape index (κ2) is 7.38. The summed E-state index contributed by atoms with van der Waals surface area (Å²) in [6.45, 7) is -0.138. The highest BCUT2D eigenvalue weighted by Crippen LogP contribution is 2.29. The van der Waals surface area contributed by atoms with Crippen molar-refractivity contribution in [3.05, 3.63) is 81.7 Å². The van der Waals surface area contributed by atoms with Crippen molar-refractivity contribution in [2.75, 3.05) is 6.54 Å². The van der Waals surface area contributed by atoms with Crippen LogP contribution in [-0.4, -0.2) is 12.5 Å². The summed E-state index contributed by atoms with van der Waals surface area (Å²) < 4.78 is 43.0. The molecule has 3 rings (SSSR count). The summed E-state index contributed by atoms with van der Waals surface area (Å²) in [4.78, 5) is 24.0. The van der Waals surface area contributed by atoms with Crippen molar-refractivity contribution in [1.29, 1.82) is 0 Å². The summed E-state index contributed by atoms with van der Waals surface area (Å²) in [7, 11) is 0. The number of hydrogen-bond donors (Lipinski definition) is 1. The average molecular weight is 371 g/mol. The van der Waals surface area contributed by atoms with Crippen LogP contribution in [0.2, 0.25) is 0 Å². The monoisotopic (exact) mass is 371 g/mol. The van der Waals surface area contributed by atoms with Crippen molar-refractivity contribution in [3.8, 4) is 11.8 Å². The number of alkyl halides is 3. The van der Waals surface area contributed by atoms with Crippen LogP contribution >= 0.6 is 0 Å². The van der Waals surface area contributed by atoms with E-state index in [9.17, 15) is 22.8 Å². The third kappa shape index (κ3) is 4.36. The standard InChI is InChI=1S/C20H12F3NO3/c21-20(22,23)15-8-3-5-13(11-15)6-4-10-24-18(25)16-12-14-7-1-2-9-17(14)27-19(16)26/h1-3,5,7-9,11-12H,10H2,(H,24,25). The van der Waals surface area contributed by atoms with E-state index in [4.69, 9.17) is 4.42 Å². The number of halogens is 3. The molecule has 0 aliphatic rings. The lowest BCUT2D eigenvalue weighted by Gasteiger charge is -2.05. The Morgan fingerprint density at radius 3 is 2.63 bits per heavy atom. The summed E-state index contributed by atoms with van der Waals surface area (Å²) in [6.07, 6.45) is -4.45. The number of benzene rings is 2. The molecule has 1 amide bonds. The quantitative estimate of drug-likeness (QED) is 0.553. The predicted octanol–water partition coefficient (Wildman–Crippen LogP) is 3.59. The highest BCUT2D eigenvalue weighted by Gasteiger charge is 2.30.